The van der Waals surface area contributed by atoms with Gasteiger partial charge in [0.15, 0.2) is 0 Å². The van der Waals surface area contributed by atoms with Crippen molar-refractivity contribution in [2.24, 2.45) is 0 Å². The van der Waals surface area contributed by atoms with Crippen LogP contribution in [0.3, 0.4) is 0 Å². The molecule has 2 aromatic carbocycles. The molecule has 1 heterocycles. The lowest BCUT2D eigenvalue weighted by Gasteiger charge is -2.11. The van der Waals surface area contributed by atoms with Gasteiger partial charge in [-0.15, -0.1) is 0 Å². The van der Waals surface area contributed by atoms with Crippen molar-refractivity contribution < 1.29 is 22.4 Å². The third kappa shape index (κ3) is 4.79. The number of hydrogen-bond acceptors (Lipinski definition) is 5. The lowest BCUT2D eigenvalue weighted by atomic mass is 10.1. The molecule has 28 heavy (non-hydrogen) atoms. The molecule has 3 aromatic rings. The molecule has 0 saturated carbocycles. The molecule has 0 atom stereocenters. The maximum absolute atomic E-state index is 12.5. The Morgan fingerprint density at radius 2 is 1.75 bits per heavy atom. The van der Waals surface area contributed by atoms with Gasteiger partial charge in [0.1, 0.15) is 16.4 Å². The van der Waals surface area contributed by atoms with Crippen molar-refractivity contribution in [2.45, 2.75) is 18.0 Å². The van der Waals surface area contributed by atoms with Gasteiger partial charge in [0.25, 0.3) is 5.91 Å². The van der Waals surface area contributed by atoms with Gasteiger partial charge in [0.05, 0.1) is 19.9 Å². The molecule has 7 nitrogen and oxygen atoms in total. The molecule has 3 rings (SSSR count). The number of amides is 1. The zero-order valence-corrected chi connectivity index (χ0v) is 16.0. The minimum absolute atomic E-state index is 0.0754. The summed E-state index contributed by atoms with van der Waals surface area (Å²) in [6, 6.07) is 16.6. The third-order valence-electron chi connectivity index (χ3n) is 4.04. The first-order valence-corrected chi connectivity index (χ1v) is 10.00. The Kier molecular flexibility index (Phi) is 6.13. The summed E-state index contributed by atoms with van der Waals surface area (Å²) in [5, 5.41) is 2.75. The van der Waals surface area contributed by atoms with Gasteiger partial charge in [0, 0.05) is 12.1 Å². The molecule has 0 unspecified atom stereocenters. The van der Waals surface area contributed by atoms with Crippen LogP contribution >= 0.6 is 0 Å². The summed E-state index contributed by atoms with van der Waals surface area (Å²) in [5.41, 5.74) is 1.20. The number of para-hydroxylation sites is 1. The predicted molar refractivity (Wildman–Crippen MR) is 103 cm³/mol. The molecule has 0 aliphatic heterocycles. The normalized spacial score (nSPS) is 11.2. The van der Waals surface area contributed by atoms with Crippen LogP contribution in [0.4, 0.5) is 0 Å². The van der Waals surface area contributed by atoms with E-state index in [1.165, 1.54) is 13.2 Å². The number of nitrogens with one attached hydrogen (secondary N) is 2. The Labute approximate surface area is 163 Å². The maximum atomic E-state index is 12.5. The standard InChI is InChI=1S/C20H20N2O5S/c1-26-18-6-2-3-7-19(18)28(24,25)22-13-15-8-10-16(11-9-15)20(23)21-14-17-5-4-12-27-17/h2-12,22H,13-14H2,1H3,(H,21,23). The van der Waals surface area contributed by atoms with Gasteiger partial charge >= 0.3 is 0 Å². The Hall–Kier alpha value is -3.10. The highest BCUT2D eigenvalue weighted by Gasteiger charge is 2.18. The second-order valence-corrected chi connectivity index (χ2v) is 7.67. The Morgan fingerprint density at radius 3 is 2.43 bits per heavy atom. The minimum atomic E-state index is -3.73. The van der Waals surface area contributed by atoms with Gasteiger partial charge in [-0.25, -0.2) is 13.1 Å². The van der Waals surface area contributed by atoms with Gasteiger partial charge in [-0.3, -0.25) is 4.79 Å². The van der Waals surface area contributed by atoms with Crippen molar-refractivity contribution in [1.82, 2.24) is 10.0 Å². The van der Waals surface area contributed by atoms with Crippen LogP contribution in [0, 0.1) is 0 Å². The number of hydrogen-bond donors (Lipinski definition) is 2. The molecule has 0 aliphatic carbocycles. The number of carbonyl (C=O) groups is 1. The lowest BCUT2D eigenvalue weighted by Crippen LogP contribution is -2.24. The summed E-state index contributed by atoms with van der Waals surface area (Å²) in [7, 11) is -2.31. The highest BCUT2D eigenvalue weighted by molar-refractivity contribution is 7.89. The summed E-state index contributed by atoms with van der Waals surface area (Å²) in [4.78, 5) is 12.2. The van der Waals surface area contributed by atoms with E-state index >= 15 is 0 Å². The van der Waals surface area contributed by atoms with Gasteiger partial charge < -0.3 is 14.5 Å². The van der Waals surface area contributed by atoms with Crippen molar-refractivity contribution in [3.63, 3.8) is 0 Å². The molecule has 146 valence electrons. The summed E-state index contributed by atoms with van der Waals surface area (Å²) in [6.45, 7) is 0.390. The van der Waals surface area contributed by atoms with Crippen LogP contribution in [-0.2, 0) is 23.1 Å². The molecule has 1 aromatic heterocycles. The summed E-state index contributed by atoms with van der Waals surface area (Å²) < 4.78 is 37.8. The number of methoxy groups -OCH3 is 1. The average molecular weight is 400 g/mol. The smallest absolute Gasteiger partial charge is 0.251 e. The van der Waals surface area contributed by atoms with Gasteiger partial charge in [-0.1, -0.05) is 24.3 Å². The van der Waals surface area contributed by atoms with E-state index in [1.807, 2.05) is 0 Å². The van der Waals surface area contributed by atoms with Crippen LogP contribution in [0.2, 0.25) is 0 Å². The first-order chi connectivity index (χ1) is 13.5. The number of carbonyl (C=O) groups excluding carboxylic acids is 1. The summed E-state index contributed by atoms with van der Waals surface area (Å²) in [5.74, 6) is 0.701. The van der Waals surface area contributed by atoms with Crippen molar-refractivity contribution in [3.8, 4) is 5.75 Å². The Bertz CT molecular complexity index is 1030. The van der Waals surface area contributed by atoms with Crippen LogP contribution in [-0.4, -0.2) is 21.4 Å². The highest BCUT2D eigenvalue weighted by Crippen LogP contribution is 2.22. The Balaban J connectivity index is 1.60. The Morgan fingerprint density at radius 1 is 1.00 bits per heavy atom. The van der Waals surface area contributed by atoms with E-state index in [2.05, 4.69) is 10.0 Å². The number of benzene rings is 2. The van der Waals surface area contributed by atoms with E-state index in [4.69, 9.17) is 9.15 Å². The molecule has 0 spiro atoms. The molecule has 0 radical (unpaired) electrons. The van der Waals surface area contributed by atoms with E-state index in [1.54, 1.807) is 60.9 Å². The zero-order valence-electron chi connectivity index (χ0n) is 15.2. The van der Waals surface area contributed by atoms with Gasteiger partial charge in [0.2, 0.25) is 10.0 Å². The molecular formula is C20H20N2O5S. The van der Waals surface area contributed by atoms with Crippen molar-refractivity contribution in [2.75, 3.05) is 7.11 Å². The fourth-order valence-corrected chi connectivity index (χ4v) is 3.74. The van der Waals surface area contributed by atoms with E-state index < -0.39 is 10.0 Å². The highest BCUT2D eigenvalue weighted by atomic mass is 32.2. The van der Waals surface area contributed by atoms with Crippen LogP contribution in [0.1, 0.15) is 21.7 Å². The minimum Gasteiger partial charge on any atom is -0.495 e. The lowest BCUT2D eigenvalue weighted by molar-refractivity contribution is 0.0948. The fraction of sp³-hybridized carbons (Fsp3) is 0.150. The molecule has 8 heteroatoms. The summed E-state index contributed by atoms with van der Waals surface area (Å²) in [6.07, 6.45) is 1.54. The SMILES string of the molecule is COc1ccccc1S(=O)(=O)NCc1ccc(C(=O)NCc2ccco2)cc1. The van der Waals surface area contributed by atoms with E-state index in [9.17, 15) is 13.2 Å². The quantitative estimate of drug-likeness (QED) is 0.606. The van der Waals surface area contributed by atoms with Gasteiger partial charge in [-0.05, 0) is 42.0 Å². The second kappa shape index (κ2) is 8.73. The molecule has 0 aliphatic rings. The molecule has 0 fully saturated rings. The number of rotatable bonds is 8. The molecule has 1 amide bonds. The third-order valence-corrected chi connectivity index (χ3v) is 5.48. The van der Waals surface area contributed by atoms with Crippen molar-refractivity contribution in [1.29, 1.82) is 0 Å². The zero-order chi connectivity index (χ0) is 20.0. The van der Waals surface area contributed by atoms with Crippen LogP contribution < -0.4 is 14.8 Å². The first-order valence-electron chi connectivity index (χ1n) is 8.52. The van der Waals surface area contributed by atoms with E-state index in [0.717, 1.165) is 5.56 Å². The molecule has 0 bridgehead atoms. The topological polar surface area (TPSA) is 97.6 Å². The summed E-state index contributed by atoms with van der Waals surface area (Å²) >= 11 is 0. The van der Waals surface area contributed by atoms with Crippen LogP contribution in [0.15, 0.2) is 76.2 Å². The first kappa shape index (κ1) is 19.7. The fourth-order valence-electron chi connectivity index (χ4n) is 2.55. The predicted octanol–water partition coefficient (Wildman–Crippen LogP) is 2.70. The van der Waals surface area contributed by atoms with Crippen molar-refractivity contribution in [3.05, 3.63) is 83.8 Å². The van der Waals surface area contributed by atoms with E-state index in [0.29, 0.717) is 17.9 Å². The van der Waals surface area contributed by atoms with E-state index in [-0.39, 0.29) is 23.1 Å². The maximum Gasteiger partial charge on any atom is 0.251 e. The monoisotopic (exact) mass is 400 g/mol. The number of sulfonamides is 1. The molecular weight excluding hydrogens is 380 g/mol. The van der Waals surface area contributed by atoms with Crippen LogP contribution in [0.5, 0.6) is 5.75 Å². The average Bonchev–Trinajstić information content (AvgIpc) is 3.24. The van der Waals surface area contributed by atoms with Crippen molar-refractivity contribution >= 4 is 15.9 Å². The number of furan rings is 1. The molecule has 2 N–H and O–H groups in total. The van der Waals surface area contributed by atoms with Gasteiger partial charge in [-0.2, -0.15) is 0 Å². The second-order valence-electron chi connectivity index (χ2n) is 5.93. The number of ether oxygens (including phenoxy) is 1. The van der Waals surface area contributed by atoms with Crippen LogP contribution in [0.25, 0.3) is 0 Å². The largest absolute Gasteiger partial charge is 0.495 e. The molecule has 0 saturated heterocycles.